The van der Waals surface area contributed by atoms with Crippen LogP contribution in [0.2, 0.25) is 0 Å². The zero-order valence-corrected chi connectivity index (χ0v) is 15.0. The number of amides is 1. The third-order valence-corrected chi connectivity index (χ3v) is 4.40. The summed E-state index contributed by atoms with van der Waals surface area (Å²) < 4.78 is 24.2. The highest BCUT2D eigenvalue weighted by Gasteiger charge is 2.17. The largest absolute Gasteiger partial charge is 0.494 e. The van der Waals surface area contributed by atoms with Gasteiger partial charge in [0.25, 0.3) is 0 Å². The molecule has 0 saturated carbocycles. The van der Waals surface area contributed by atoms with Gasteiger partial charge < -0.3 is 19.7 Å². The van der Waals surface area contributed by atoms with E-state index in [0.29, 0.717) is 30.2 Å². The van der Waals surface area contributed by atoms with Crippen molar-refractivity contribution in [3.8, 4) is 5.75 Å². The molecule has 138 valence electrons. The van der Waals surface area contributed by atoms with Gasteiger partial charge in [-0.3, -0.25) is 4.79 Å². The van der Waals surface area contributed by atoms with Crippen LogP contribution in [0.25, 0.3) is 0 Å². The number of anilines is 2. The van der Waals surface area contributed by atoms with Crippen molar-refractivity contribution >= 4 is 17.3 Å². The van der Waals surface area contributed by atoms with Gasteiger partial charge in [0.2, 0.25) is 5.91 Å². The minimum Gasteiger partial charge on any atom is -0.494 e. The smallest absolute Gasteiger partial charge is 0.228 e. The molecular formula is C20H23FN2O3. The van der Waals surface area contributed by atoms with E-state index in [0.717, 1.165) is 24.3 Å². The summed E-state index contributed by atoms with van der Waals surface area (Å²) in [5, 5.41) is 2.90. The van der Waals surface area contributed by atoms with Crippen molar-refractivity contribution in [3.05, 3.63) is 53.3 Å². The minimum absolute atomic E-state index is 0.103. The first-order valence-electron chi connectivity index (χ1n) is 8.62. The molecule has 2 aromatic rings. The Bertz CT molecular complexity index is 789. The number of hydrogen-bond acceptors (Lipinski definition) is 4. The van der Waals surface area contributed by atoms with E-state index in [1.165, 1.54) is 12.1 Å². The Kier molecular flexibility index (Phi) is 5.73. The molecule has 1 N–H and O–H groups in total. The maximum atomic E-state index is 13.3. The van der Waals surface area contributed by atoms with E-state index in [1.54, 1.807) is 19.2 Å². The van der Waals surface area contributed by atoms with Gasteiger partial charge in [-0.2, -0.15) is 0 Å². The van der Waals surface area contributed by atoms with Gasteiger partial charge >= 0.3 is 0 Å². The molecule has 1 saturated heterocycles. The molecule has 3 rings (SSSR count). The van der Waals surface area contributed by atoms with Crippen LogP contribution in [-0.4, -0.2) is 39.3 Å². The molecule has 1 aliphatic rings. The molecule has 1 heterocycles. The van der Waals surface area contributed by atoms with Gasteiger partial charge in [-0.05, 0) is 36.2 Å². The standard InChI is InChI=1S/C20H23FN2O3/c1-14-10-17(23-6-8-26-9-7-23)13-18(25-2)20(14)22-19(24)12-15-4-3-5-16(21)11-15/h3-5,10-11,13H,6-9,12H2,1-2H3,(H,22,24). The average molecular weight is 358 g/mol. The second-order valence-corrected chi connectivity index (χ2v) is 6.29. The maximum Gasteiger partial charge on any atom is 0.228 e. The molecule has 0 spiro atoms. The Morgan fingerprint density at radius 2 is 2.04 bits per heavy atom. The van der Waals surface area contributed by atoms with Gasteiger partial charge in [0.15, 0.2) is 0 Å². The molecule has 26 heavy (non-hydrogen) atoms. The monoisotopic (exact) mass is 358 g/mol. The van der Waals surface area contributed by atoms with Gasteiger partial charge in [0.1, 0.15) is 11.6 Å². The quantitative estimate of drug-likeness (QED) is 0.892. The summed E-state index contributed by atoms with van der Waals surface area (Å²) in [5.74, 6) is 0.0501. The Labute approximate surface area is 152 Å². The van der Waals surface area contributed by atoms with Crippen molar-refractivity contribution in [1.29, 1.82) is 0 Å². The lowest BCUT2D eigenvalue weighted by Gasteiger charge is -2.30. The van der Waals surface area contributed by atoms with Crippen LogP contribution in [-0.2, 0) is 16.0 Å². The third kappa shape index (κ3) is 4.32. The fourth-order valence-electron chi connectivity index (χ4n) is 3.08. The number of ether oxygens (including phenoxy) is 2. The normalized spacial score (nSPS) is 14.2. The first-order valence-corrected chi connectivity index (χ1v) is 8.62. The first-order chi connectivity index (χ1) is 12.6. The fraction of sp³-hybridized carbons (Fsp3) is 0.350. The van der Waals surface area contributed by atoms with Crippen LogP contribution >= 0.6 is 0 Å². The molecular weight excluding hydrogens is 335 g/mol. The molecule has 0 aromatic heterocycles. The Balaban J connectivity index is 1.77. The Hall–Kier alpha value is -2.60. The van der Waals surface area contributed by atoms with Crippen molar-refractivity contribution < 1.29 is 18.7 Å². The zero-order valence-electron chi connectivity index (χ0n) is 15.0. The number of rotatable bonds is 5. The summed E-state index contributed by atoms with van der Waals surface area (Å²) in [6.07, 6.45) is 0.103. The maximum absolute atomic E-state index is 13.3. The Morgan fingerprint density at radius 1 is 1.27 bits per heavy atom. The zero-order chi connectivity index (χ0) is 18.5. The summed E-state index contributed by atoms with van der Waals surface area (Å²) in [4.78, 5) is 14.6. The Morgan fingerprint density at radius 3 is 2.73 bits per heavy atom. The molecule has 0 bridgehead atoms. The molecule has 5 nitrogen and oxygen atoms in total. The highest BCUT2D eigenvalue weighted by molar-refractivity contribution is 5.95. The predicted octanol–water partition coefficient (Wildman–Crippen LogP) is 3.16. The second-order valence-electron chi connectivity index (χ2n) is 6.29. The number of aryl methyl sites for hydroxylation is 1. The lowest BCUT2D eigenvalue weighted by molar-refractivity contribution is -0.115. The lowest BCUT2D eigenvalue weighted by Crippen LogP contribution is -2.36. The number of nitrogens with zero attached hydrogens (tertiary/aromatic N) is 1. The van der Waals surface area contributed by atoms with E-state index in [-0.39, 0.29) is 18.1 Å². The van der Waals surface area contributed by atoms with Crippen molar-refractivity contribution in [2.75, 3.05) is 43.6 Å². The fourth-order valence-corrected chi connectivity index (χ4v) is 3.08. The molecule has 0 atom stereocenters. The molecule has 6 heteroatoms. The first kappa shape index (κ1) is 18.2. The second kappa shape index (κ2) is 8.19. The van der Waals surface area contributed by atoms with E-state index < -0.39 is 0 Å². The molecule has 1 fully saturated rings. The highest BCUT2D eigenvalue weighted by atomic mass is 19.1. The molecule has 0 unspecified atom stereocenters. The number of hydrogen-bond donors (Lipinski definition) is 1. The summed E-state index contributed by atoms with van der Waals surface area (Å²) >= 11 is 0. The van der Waals surface area contributed by atoms with Crippen molar-refractivity contribution in [1.82, 2.24) is 0 Å². The van der Waals surface area contributed by atoms with Crippen molar-refractivity contribution in [3.63, 3.8) is 0 Å². The number of carbonyl (C=O) groups is 1. The number of halogens is 1. The highest BCUT2D eigenvalue weighted by Crippen LogP contribution is 2.34. The topological polar surface area (TPSA) is 50.8 Å². The van der Waals surface area contributed by atoms with E-state index in [2.05, 4.69) is 10.2 Å². The molecule has 0 radical (unpaired) electrons. The van der Waals surface area contributed by atoms with Gasteiger partial charge in [-0.25, -0.2) is 4.39 Å². The van der Waals surface area contributed by atoms with Gasteiger partial charge in [0, 0.05) is 24.8 Å². The van der Waals surface area contributed by atoms with Crippen LogP contribution in [0.4, 0.5) is 15.8 Å². The van der Waals surface area contributed by atoms with Gasteiger partial charge in [0.05, 0.1) is 32.4 Å². The SMILES string of the molecule is COc1cc(N2CCOCC2)cc(C)c1NC(=O)Cc1cccc(F)c1. The number of carbonyl (C=O) groups excluding carboxylic acids is 1. The minimum atomic E-state index is -0.348. The number of methoxy groups -OCH3 is 1. The summed E-state index contributed by atoms with van der Waals surface area (Å²) in [7, 11) is 1.58. The molecule has 2 aromatic carbocycles. The van der Waals surface area contributed by atoms with E-state index in [1.807, 2.05) is 19.1 Å². The number of benzene rings is 2. The van der Waals surface area contributed by atoms with Gasteiger partial charge in [-0.1, -0.05) is 12.1 Å². The van der Waals surface area contributed by atoms with Crippen molar-refractivity contribution in [2.24, 2.45) is 0 Å². The van der Waals surface area contributed by atoms with E-state index in [4.69, 9.17) is 9.47 Å². The van der Waals surface area contributed by atoms with Crippen LogP contribution in [0.5, 0.6) is 5.75 Å². The number of morpholine rings is 1. The lowest BCUT2D eigenvalue weighted by atomic mass is 10.1. The van der Waals surface area contributed by atoms with Crippen LogP contribution < -0.4 is 15.0 Å². The average Bonchev–Trinajstić information content (AvgIpc) is 2.64. The summed E-state index contributed by atoms with van der Waals surface area (Å²) in [6.45, 7) is 4.99. The van der Waals surface area contributed by atoms with Crippen LogP contribution in [0.15, 0.2) is 36.4 Å². The van der Waals surface area contributed by atoms with Crippen molar-refractivity contribution in [2.45, 2.75) is 13.3 Å². The van der Waals surface area contributed by atoms with Crippen LogP contribution in [0, 0.1) is 12.7 Å². The predicted molar refractivity (Wildman–Crippen MR) is 99.5 cm³/mol. The third-order valence-electron chi connectivity index (χ3n) is 4.40. The van der Waals surface area contributed by atoms with E-state index in [9.17, 15) is 9.18 Å². The van der Waals surface area contributed by atoms with Crippen LogP contribution in [0.1, 0.15) is 11.1 Å². The summed E-state index contributed by atoms with van der Waals surface area (Å²) in [6, 6.07) is 10.0. The van der Waals surface area contributed by atoms with Crippen LogP contribution in [0.3, 0.4) is 0 Å². The molecule has 1 aliphatic heterocycles. The molecule has 0 aliphatic carbocycles. The summed E-state index contributed by atoms with van der Waals surface area (Å²) in [5.41, 5.74) is 3.24. The van der Waals surface area contributed by atoms with E-state index >= 15 is 0 Å². The van der Waals surface area contributed by atoms with Gasteiger partial charge in [-0.15, -0.1) is 0 Å². The number of nitrogens with one attached hydrogen (secondary N) is 1. The molecule has 1 amide bonds.